The summed E-state index contributed by atoms with van der Waals surface area (Å²) in [7, 11) is 0. The van der Waals surface area contributed by atoms with E-state index in [1.807, 2.05) is 6.92 Å². The van der Waals surface area contributed by atoms with Crippen LogP contribution in [-0.2, 0) is 6.42 Å². The number of hydrogen-bond acceptors (Lipinski definition) is 2. The molecule has 1 aliphatic carbocycles. The Morgan fingerprint density at radius 2 is 2.43 bits per heavy atom. The fourth-order valence-corrected chi connectivity index (χ4v) is 2.44. The Labute approximate surface area is 85.5 Å². The average molecular weight is 193 g/mol. The molecular weight excluding hydrogens is 174 g/mol. The number of rotatable bonds is 2. The monoisotopic (exact) mass is 193 g/mol. The quantitative estimate of drug-likeness (QED) is 0.784. The van der Waals surface area contributed by atoms with Crippen LogP contribution in [0.15, 0.2) is 10.5 Å². The first-order valence-electron chi connectivity index (χ1n) is 5.51. The van der Waals surface area contributed by atoms with Crippen LogP contribution in [0.25, 0.3) is 0 Å². The summed E-state index contributed by atoms with van der Waals surface area (Å²) in [4.78, 5) is 0. The minimum atomic E-state index is 0.541. The van der Waals surface area contributed by atoms with Crippen molar-refractivity contribution in [3.8, 4) is 0 Å². The van der Waals surface area contributed by atoms with Crippen LogP contribution in [0, 0.1) is 12.8 Å². The second-order valence-corrected chi connectivity index (χ2v) is 4.46. The van der Waals surface area contributed by atoms with Gasteiger partial charge in [-0.05, 0) is 50.3 Å². The average Bonchev–Trinajstić information content (AvgIpc) is 2.56. The van der Waals surface area contributed by atoms with Crippen molar-refractivity contribution >= 4 is 0 Å². The van der Waals surface area contributed by atoms with Gasteiger partial charge in [-0.3, -0.25) is 0 Å². The highest BCUT2D eigenvalue weighted by atomic mass is 16.3. The van der Waals surface area contributed by atoms with Gasteiger partial charge >= 0.3 is 0 Å². The highest BCUT2D eigenvalue weighted by Crippen LogP contribution is 2.38. The number of hydrogen-bond donors (Lipinski definition) is 1. The van der Waals surface area contributed by atoms with E-state index in [1.165, 1.54) is 30.6 Å². The Hall–Kier alpha value is -0.760. The summed E-state index contributed by atoms with van der Waals surface area (Å²) in [5.74, 6) is 3.36. The van der Waals surface area contributed by atoms with Crippen LogP contribution in [0.3, 0.4) is 0 Å². The molecule has 14 heavy (non-hydrogen) atoms. The van der Waals surface area contributed by atoms with Gasteiger partial charge in [-0.15, -0.1) is 0 Å². The lowest BCUT2D eigenvalue weighted by molar-refractivity contribution is 0.335. The molecule has 78 valence electrons. The lowest BCUT2D eigenvalue weighted by Crippen LogP contribution is -2.21. The Morgan fingerprint density at radius 1 is 1.64 bits per heavy atom. The zero-order chi connectivity index (χ0) is 10.1. The van der Waals surface area contributed by atoms with Crippen LogP contribution in [0.4, 0.5) is 0 Å². The van der Waals surface area contributed by atoms with E-state index in [4.69, 9.17) is 10.2 Å². The molecule has 2 N–H and O–H groups in total. The Balaban J connectivity index is 2.30. The lowest BCUT2D eigenvalue weighted by atomic mass is 9.81. The van der Waals surface area contributed by atoms with Crippen LogP contribution in [0.2, 0.25) is 0 Å². The van der Waals surface area contributed by atoms with Crippen molar-refractivity contribution in [2.75, 3.05) is 6.54 Å². The number of nitrogens with two attached hydrogens (primary N) is 1. The van der Waals surface area contributed by atoms with Crippen molar-refractivity contribution in [2.24, 2.45) is 11.7 Å². The lowest BCUT2D eigenvalue weighted by Gasteiger charge is -2.25. The highest BCUT2D eigenvalue weighted by Gasteiger charge is 2.27. The minimum Gasteiger partial charge on any atom is -0.466 e. The van der Waals surface area contributed by atoms with E-state index in [2.05, 4.69) is 13.0 Å². The van der Waals surface area contributed by atoms with Gasteiger partial charge < -0.3 is 10.2 Å². The van der Waals surface area contributed by atoms with E-state index < -0.39 is 0 Å². The molecule has 1 aromatic rings. The van der Waals surface area contributed by atoms with Crippen LogP contribution >= 0.6 is 0 Å². The fourth-order valence-electron chi connectivity index (χ4n) is 2.44. The Kier molecular flexibility index (Phi) is 2.64. The molecule has 2 rings (SSSR count). The van der Waals surface area contributed by atoms with Crippen molar-refractivity contribution in [3.05, 3.63) is 23.2 Å². The maximum atomic E-state index is 5.79. The van der Waals surface area contributed by atoms with E-state index in [9.17, 15) is 0 Å². The Morgan fingerprint density at radius 3 is 3.14 bits per heavy atom. The van der Waals surface area contributed by atoms with Gasteiger partial charge in [-0.25, -0.2) is 0 Å². The normalized spacial score (nSPS) is 23.2. The molecule has 0 bridgehead atoms. The predicted molar refractivity (Wildman–Crippen MR) is 57.3 cm³/mol. The van der Waals surface area contributed by atoms with Gasteiger partial charge in [0.15, 0.2) is 0 Å². The zero-order valence-corrected chi connectivity index (χ0v) is 9.05. The van der Waals surface area contributed by atoms with E-state index in [0.29, 0.717) is 11.8 Å². The first kappa shape index (κ1) is 9.78. The molecule has 2 atom stereocenters. The van der Waals surface area contributed by atoms with Gasteiger partial charge in [0.05, 0.1) is 0 Å². The van der Waals surface area contributed by atoms with Crippen molar-refractivity contribution in [1.82, 2.24) is 0 Å². The summed E-state index contributed by atoms with van der Waals surface area (Å²) in [6, 6.07) is 2.19. The molecule has 2 heteroatoms. The summed E-state index contributed by atoms with van der Waals surface area (Å²) < 4.78 is 5.79. The van der Waals surface area contributed by atoms with Crippen molar-refractivity contribution in [2.45, 2.75) is 39.0 Å². The fraction of sp³-hybridized carbons (Fsp3) is 0.667. The molecule has 0 fully saturated rings. The van der Waals surface area contributed by atoms with E-state index >= 15 is 0 Å². The minimum absolute atomic E-state index is 0.541. The molecule has 0 saturated carbocycles. The summed E-state index contributed by atoms with van der Waals surface area (Å²) in [6.07, 6.45) is 3.69. The molecule has 0 amide bonds. The maximum absolute atomic E-state index is 5.79. The molecule has 1 aliphatic rings. The Bertz CT molecular complexity index is 316. The molecular formula is C12H19NO. The summed E-state index contributed by atoms with van der Waals surface area (Å²) in [6.45, 7) is 5.00. The van der Waals surface area contributed by atoms with Crippen LogP contribution in [-0.4, -0.2) is 6.54 Å². The standard InChI is InChI=1S/C12H19NO/c1-8(7-13)11-5-3-4-10-6-9(2)14-12(10)11/h6,8,11H,3-5,7,13H2,1-2H3. The third kappa shape index (κ3) is 1.59. The molecule has 2 unspecified atom stereocenters. The SMILES string of the molecule is Cc1cc2c(o1)C(C(C)CN)CCC2. The van der Waals surface area contributed by atoms with Crippen molar-refractivity contribution < 1.29 is 4.42 Å². The summed E-state index contributed by atoms with van der Waals surface area (Å²) in [5.41, 5.74) is 7.14. The molecule has 0 aromatic carbocycles. The van der Waals surface area contributed by atoms with Crippen molar-refractivity contribution in [1.29, 1.82) is 0 Å². The molecule has 0 spiro atoms. The van der Waals surface area contributed by atoms with Gasteiger partial charge in [-0.2, -0.15) is 0 Å². The third-order valence-corrected chi connectivity index (χ3v) is 3.32. The largest absolute Gasteiger partial charge is 0.466 e. The summed E-state index contributed by atoms with van der Waals surface area (Å²) >= 11 is 0. The van der Waals surface area contributed by atoms with Gasteiger partial charge in [0.25, 0.3) is 0 Å². The first-order valence-corrected chi connectivity index (χ1v) is 5.51. The van der Waals surface area contributed by atoms with Gasteiger partial charge in [0, 0.05) is 5.92 Å². The topological polar surface area (TPSA) is 39.2 Å². The van der Waals surface area contributed by atoms with Crippen LogP contribution < -0.4 is 5.73 Å². The number of fused-ring (bicyclic) bond motifs is 1. The summed E-state index contributed by atoms with van der Waals surface area (Å²) in [5, 5.41) is 0. The van der Waals surface area contributed by atoms with Crippen molar-refractivity contribution in [3.63, 3.8) is 0 Å². The van der Waals surface area contributed by atoms with E-state index in [1.54, 1.807) is 0 Å². The van der Waals surface area contributed by atoms with Crippen LogP contribution in [0.5, 0.6) is 0 Å². The highest BCUT2D eigenvalue weighted by molar-refractivity contribution is 5.27. The molecule has 0 radical (unpaired) electrons. The first-order chi connectivity index (χ1) is 6.72. The van der Waals surface area contributed by atoms with Gasteiger partial charge in [0.1, 0.15) is 11.5 Å². The maximum Gasteiger partial charge on any atom is 0.110 e. The van der Waals surface area contributed by atoms with Gasteiger partial charge in [-0.1, -0.05) is 6.92 Å². The van der Waals surface area contributed by atoms with E-state index in [-0.39, 0.29) is 0 Å². The third-order valence-electron chi connectivity index (χ3n) is 3.32. The molecule has 2 nitrogen and oxygen atoms in total. The second kappa shape index (κ2) is 3.77. The molecule has 0 aliphatic heterocycles. The van der Waals surface area contributed by atoms with Crippen LogP contribution in [0.1, 0.15) is 42.8 Å². The smallest absolute Gasteiger partial charge is 0.110 e. The number of aryl methyl sites for hydroxylation is 2. The van der Waals surface area contributed by atoms with Gasteiger partial charge in [0.2, 0.25) is 0 Å². The van der Waals surface area contributed by atoms with E-state index in [0.717, 1.165) is 12.3 Å². The second-order valence-electron chi connectivity index (χ2n) is 4.46. The molecule has 0 saturated heterocycles. The predicted octanol–water partition coefficient (Wildman–Crippen LogP) is 2.60. The number of furan rings is 1. The molecule has 1 heterocycles. The molecule has 1 aromatic heterocycles. The zero-order valence-electron chi connectivity index (χ0n) is 9.05.